The fourth-order valence-electron chi connectivity index (χ4n) is 4.44. The van der Waals surface area contributed by atoms with Gasteiger partial charge in [0.1, 0.15) is 0 Å². The van der Waals surface area contributed by atoms with Crippen LogP contribution in [0.25, 0.3) is 0 Å². The van der Waals surface area contributed by atoms with Gasteiger partial charge >= 0.3 is 0 Å². The summed E-state index contributed by atoms with van der Waals surface area (Å²) in [6.07, 6.45) is 12.3. The molecule has 1 unspecified atom stereocenters. The van der Waals surface area contributed by atoms with Crippen LogP contribution in [0.1, 0.15) is 62.6 Å². The molecule has 1 atom stereocenters. The van der Waals surface area contributed by atoms with Crippen molar-refractivity contribution in [2.75, 3.05) is 13.1 Å². The van der Waals surface area contributed by atoms with E-state index in [2.05, 4.69) is 18.1 Å². The van der Waals surface area contributed by atoms with Gasteiger partial charge in [0.15, 0.2) is 0 Å². The van der Waals surface area contributed by atoms with Crippen LogP contribution in [0.2, 0.25) is 0 Å². The lowest BCUT2D eigenvalue weighted by Gasteiger charge is -2.39. The zero-order valence-electron chi connectivity index (χ0n) is 15.6. The average Bonchev–Trinajstić information content (AvgIpc) is 2.66. The summed E-state index contributed by atoms with van der Waals surface area (Å²) in [6.45, 7) is 2.62. The third-order valence-corrected chi connectivity index (χ3v) is 5.78. The Morgan fingerprint density at radius 2 is 1.96 bits per heavy atom. The molecular weight excluding hydrogens is 324 g/mol. The lowest BCUT2D eigenvalue weighted by atomic mass is 9.89. The Balaban J connectivity index is 1.82. The van der Waals surface area contributed by atoms with Crippen molar-refractivity contribution in [3.63, 3.8) is 0 Å². The van der Waals surface area contributed by atoms with Gasteiger partial charge in [0.25, 0.3) is 0 Å². The Labute approximate surface area is 156 Å². The molecule has 1 aromatic carbocycles. The van der Waals surface area contributed by atoms with Crippen LogP contribution in [0.4, 0.5) is 0 Å². The van der Waals surface area contributed by atoms with Crippen LogP contribution >= 0.6 is 0 Å². The van der Waals surface area contributed by atoms with Crippen molar-refractivity contribution in [1.29, 1.82) is 0 Å². The lowest BCUT2D eigenvalue weighted by molar-refractivity contribution is -0.138. The molecule has 26 heavy (non-hydrogen) atoms. The molecule has 3 rings (SSSR count). The van der Waals surface area contributed by atoms with E-state index in [1.807, 2.05) is 21.9 Å². The SMILES string of the molecule is C#CCN(C(=O)CC1c2ccccc2CCN1C(C)=O)C1CCCCC1. The number of rotatable bonds is 4. The van der Waals surface area contributed by atoms with E-state index in [1.165, 1.54) is 12.0 Å². The molecule has 4 heteroatoms. The summed E-state index contributed by atoms with van der Waals surface area (Å²) in [6, 6.07) is 8.22. The van der Waals surface area contributed by atoms with E-state index in [4.69, 9.17) is 6.42 Å². The summed E-state index contributed by atoms with van der Waals surface area (Å²) < 4.78 is 0. The molecule has 0 bridgehead atoms. The minimum Gasteiger partial charge on any atom is -0.335 e. The number of benzene rings is 1. The van der Waals surface area contributed by atoms with E-state index in [0.717, 1.165) is 37.7 Å². The van der Waals surface area contributed by atoms with E-state index in [1.54, 1.807) is 6.92 Å². The molecule has 0 saturated heterocycles. The van der Waals surface area contributed by atoms with Crippen LogP contribution < -0.4 is 0 Å². The molecular formula is C22H28N2O2. The van der Waals surface area contributed by atoms with Gasteiger partial charge in [-0.3, -0.25) is 9.59 Å². The maximum Gasteiger partial charge on any atom is 0.226 e. The van der Waals surface area contributed by atoms with Gasteiger partial charge in [-0.1, -0.05) is 49.4 Å². The van der Waals surface area contributed by atoms with Crippen LogP contribution in [0.15, 0.2) is 24.3 Å². The topological polar surface area (TPSA) is 40.6 Å². The van der Waals surface area contributed by atoms with Gasteiger partial charge in [-0.25, -0.2) is 0 Å². The monoisotopic (exact) mass is 352 g/mol. The highest BCUT2D eigenvalue weighted by Gasteiger charge is 2.33. The van der Waals surface area contributed by atoms with Gasteiger partial charge in [-0.15, -0.1) is 6.42 Å². The van der Waals surface area contributed by atoms with E-state index < -0.39 is 0 Å². The van der Waals surface area contributed by atoms with Crippen LogP contribution in [0, 0.1) is 12.3 Å². The molecule has 4 nitrogen and oxygen atoms in total. The maximum absolute atomic E-state index is 13.2. The Morgan fingerprint density at radius 1 is 1.23 bits per heavy atom. The Kier molecular flexibility index (Phi) is 5.98. The number of amides is 2. The summed E-state index contributed by atoms with van der Waals surface area (Å²) in [5.41, 5.74) is 2.34. The van der Waals surface area contributed by atoms with Crippen molar-refractivity contribution in [2.45, 2.75) is 64.0 Å². The van der Waals surface area contributed by atoms with Crippen molar-refractivity contribution in [2.24, 2.45) is 0 Å². The highest BCUT2D eigenvalue weighted by atomic mass is 16.2. The number of carbonyl (C=O) groups excluding carboxylic acids is 2. The van der Waals surface area contributed by atoms with E-state index >= 15 is 0 Å². The molecule has 0 spiro atoms. The minimum atomic E-state index is -0.186. The third kappa shape index (κ3) is 3.93. The molecule has 1 aliphatic carbocycles. The zero-order chi connectivity index (χ0) is 18.5. The highest BCUT2D eigenvalue weighted by molar-refractivity contribution is 5.80. The molecule has 2 aliphatic rings. The van der Waals surface area contributed by atoms with Gasteiger partial charge in [-0.05, 0) is 30.4 Å². The summed E-state index contributed by atoms with van der Waals surface area (Å²) in [7, 11) is 0. The Hall–Kier alpha value is -2.28. The van der Waals surface area contributed by atoms with E-state index in [9.17, 15) is 9.59 Å². The molecule has 138 valence electrons. The first-order valence-electron chi connectivity index (χ1n) is 9.69. The second kappa shape index (κ2) is 8.40. The van der Waals surface area contributed by atoms with Crippen LogP contribution in [0.3, 0.4) is 0 Å². The van der Waals surface area contributed by atoms with Crippen molar-refractivity contribution in [3.05, 3.63) is 35.4 Å². The minimum absolute atomic E-state index is 0.0264. The van der Waals surface area contributed by atoms with Gasteiger partial charge in [0.2, 0.25) is 11.8 Å². The summed E-state index contributed by atoms with van der Waals surface area (Å²) in [5.74, 6) is 2.76. The van der Waals surface area contributed by atoms with E-state index in [-0.39, 0.29) is 23.9 Å². The first kappa shape index (κ1) is 18.5. The molecule has 1 aromatic rings. The Morgan fingerprint density at radius 3 is 2.65 bits per heavy atom. The average molecular weight is 352 g/mol. The second-order valence-corrected chi connectivity index (χ2v) is 7.40. The largest absolute Gasteiger partial charge is 0.335 e. The zero-order valence-corrected chi connectivity index (χ0v) is 15.6. The first-order chi connectivity index (χ1) is 12.6. The van der Waals surface area contributed by atoms with Crippen LogP contribution in [-0.4, -0.2) is 40.7 Å². The molecule has 0 aromatic heterocycles. The van der Waals surface area contributed by atoms with E-state index in [0.29, 0.717) is 19.5 Å². The van der Waals surface area contributed by atoms with Gasteiger partial charge < -0.3 is 9.80 Å². The second-order valence-electron chi connectivity index (χ2n) is 7.40. The predicted octanol–water partition coefficient (Wildman–Crippen LogP) is 3.32. The van der Waals surface area contributed by atoms with Gasteiger partial charge in [0.05, 0.1) is 19.0 Å². The van der Waals surface area contributed by atoms with Crippen molar-refractivity contribution in [3.8, 4) is 12.3 Å². The number of hydrogen-bond donors (Lipinski definition) is 0. The molecule has 0 N–H and O–H groups in total. The Bertz CT molecular complexity index is 700. The molecule has 0 radical (unpaired) electrons. The molecule has 1 heterocycles. The standard InChI is InChI=1S/C22H28N2O2/c1-3-14-24(19-10-5-4-6-11-19)22(26)16-21-20-12-8-7-9-18(20)13-15-23(21)17(2)25/h1,7-9,12,19,21H,4-6,10-11,13-16H2,2H3. The fourth-order valence-corrected chi connectivity index (χ4v) is 4.44. The lowest BCUT2D eigenvalue weighted by Crippen LogP contribution is -2.45. The number of fused-ring (bicyclic) bond motifs is 1. The van der Waals surface area contributed by atoms with Gasteiger partial charge in [0, 0.05) is 19.5 Å². The third-order valence-electron chi connectivity index (χ3n) is 5.78. The molecule has 1 aliphatic heterocycles. The number of nitrogens with zero attached hydrogens (tertiary/aromatic N) is 2. The molecule has 2 amide bonds. The normalized spacial score (nSPS) is 20.2. The molecule has 1 saturated carbocycles. The van der Waals surface area contributed by atoms with Crippen molar-refractivity contribution >= 4 is 11.8 Å². The highest BCUT2D eigenvalue weighted by Crippen LogP contribution is 2.33. The number of terminal acetylenes is 1. The van der Waals surface area contributed by atoms with Crippen molar-refractivity contribution < 1.29 is 9.59 Å². The molecule has 1 fully saturated rings. The predicted molar refractivity (Wildman–Crippen MR) is 102 cm³/mol. The maximum atomic E-state index is 13.2. The number of hydrogen-bond acceptors (Lipinski definition) is 2. The fraction of sp³-hybridized carbons (Fsp3) is 0.545. The van der Waals surface area contributed by atoms with Crippen LogP contribution in [-0.2, 0) is 16.0 Å². The van der Waals surface area contributed by atoms with Gasteiger partial charge in [-0.2, -0.15) is 0 Å². The summed E-state index contributed by atoms with van der Waals surface area (Å²) >= 11 is 0. The smallest absolute Gasteiger partial charge is 0.226 e. The van der Waals surface area contributed by atoms with Crippen LogP contribution in [0.5, 0.6) is 0 Å². The summed E-state index contributed by atoms with van der Waals surface area (Å²) in [4.78, 5) is 29.1. The quantitative estimate of drug-likeness (QED) is 0.780. The number of carbonyl (C=O) groups is 2. The summed E-state index contributed by atoms with van der Waals surface area (Å²) in [5, 5.41) is 0. The van der Waals surface area contributed by atoms with Crippen molar-refractivity contribution in [1.82, 2.24) is 9.80 Å². The first-order valence-corrected chi connectivity index (χ1v) is 9.69.